The lowest BCUT2D eigenvalue weighted by Crippen LogP contribution is -2.25. The summed E-state index contributed by atoms with van der Waals surface area (Å²) in [5.41, 5.74) is 0. The Morgan fingerprint density at radius 2 is 1.73 bits per heavy atom. The summed E-state index contributed by atoms with van der Waals surface area (Å²) in [6.07, 6.45) is 0. The second-order valence-electron chi connectivity index (χ2n) is 2.95. The number of nitrogens with zero attached hydrogens (tertiary/aromatic N) is 1. The van der Waals surface area contributed by atoms with Crippen molar-refractivity contribution in [3.05, 3.63) is 0 Å². The molecular formula is C9H21NS. The maximum Gasteiger partial charge on any atom is 0.00722 e. The molecule has 0 aromatic heterocycles. The van der Waals surface area contributed by atoms with E-state index in [0.29, 0.717) is 0 Å². The molecule has 0 bridgehead atoms. The van der Waals surface area contributed by atoms with Gasteiger partial charge in [-0.25, -0.2) is 0 Å². The van der Waals surface area contributed by atoms with Gasteiger partial charge in [-0.05, 0) is 18.3 Å². The molecule has 2 heteroatoms. The van der Waals surface area contributed by atoms with Gasteiger partial charge in [-0.1, -0.05) is 27.7 Å². The van der Waals surface area contributed by atoms with E-state index in [0.717, 1.165) is 5.25 Å². The molecule has 0 saturated carbocycles. The van der Waals surface area contributed by atoms with Crippen molar-refractivity contribution in [3.63, 3.8) is 0 Å². The first kappa shape index (κ1) is 11.3. The van der Waals surface area contributed by atoms with E-state index in [1.54, 1.807) is 0 Å². The van der Waals surface area contributed by atoms with Crippen LogP contribution in [-0.4, -0.2) is 35.5 Å². The Labute approximate surface area is 75.5 Å². The van der Waals surface area contributed by atoms with Crippen molar-refractivity contribution in [3.8, 4) is 0 Å². The third kappa shape index (κ3) is 6.70. The zero-order chi connectivity index (χ0) is 8.69. The monoisotopic (exact) mass is 175 g/mol. The van der Waals surface area contributed by atoms with Gasteiger partial charge in [-0.3, -0.25) is 0 Å². The Bertz CT molecular complexity index is 79.6. The van der Waals surface area contributed by atoms with E-state index in [4.69, 9.17) is 0 Å². The second kappa shape index (κ2) is 6.99. The third-order valence-electron chi connectivity index (χ3n) is 1.75. The summed E-state index contributed by atoms with van der Waals surface area (Å²) in [7, 11) is 0. The fourth-order valence-corrected chi connectivity index (χ4v) is 1.79. The zero-order valence-corrected chi connectivity index (χ0v) is 9.08. The van der Waals surface area contributed by atoms with Gasteiger partial charge in [-0.15, -0.1) is 0 Å². The molecule has 68 valence electrons. The summed E-state index contributed by atoms with van der Waals surface area (Å²) in [6.45, 7) is 12.6. The van der Waals surface area contributed by atoms with Crippen LogP contribution < -0.4 is 0 Å². The Morgan fingerprint density at radius 3 is 2.09 bits per heavy atom. The molecule has 11 heavy (non-hydrogen) atoms. The van der Waals surface area contributed by atoms with Crippen LogP contribution in [0.1, 0.15) is 27.7 Å². The van der Waals surface area contributed by atoms with E-state index in [2.05, 4.69) is 32.6 Å². The van der Waals surface area contributed by atoms with Crippen LogP contribution in [0.5, 0.6) is 0 Å². The topological polar surface area (TPSA) is 3.24 Å². The van der Waals surface area contributed by atoms with Gasteiger partial charge in [-0.2, -0.15) is 11.8 Å². The first-order valence-corrected chi connectivity index (χ1v) is 5.59. The van der Waals surface area contributed by atoms with E-state index >= 15 is 0 Å². The van der Waals surface area contributed by atoms with Crippen LogP contribution >= 0.6 is 11.8 Å². The first-order valence-electron chi connectivity index (χ1n) is 4.54. The fourth-order valence-electron chi connectivity index (χ4n) is 0.957. The van der Waals surface area contributed by atoms with Crippen LogP contribution in [0.2, 0.25) is 0 Å². The quantitative estimate of drug-likeness (QED) is 0.610. The van der Waals surface area contributed by atoms with Crippen molar-refractivity contribution in [1.82, 2.24) is 4.90 Å². The van der Waals surface area contributed by atoms with Crippen LogP contribution in [0, 0.1) is 0 Å². The standard InChI is InChI=1S/C9H21NS/c1-5-10(6-2)7-8-11-9(3)4/h9H,5-8H2,1-4H3. The van der Waals surface area contributed by atoms with Gasteiger partial charge in [0.15, 0.2) is 0 Å². The van der Waals surface area contributed by atoms with E-state index < -0.39 is 0 Å². The molecule has 1 nitrogen and oxygen atoms in total. The highest BCUT2D eigenvalue weighted by Gasteiger charge is 1.99. The lowest BCUT2D eigenvalue weighted by Gasteiger charge is -2.17. The van der Waals surface area contributed by atoms with Gasteiger partial charge in [0, 0.05) is 12.3 Å². The number of hydrogen-bond donors (Lipinski definition) is 0. The SMILES string of the molecule is CCN(CC)CCSC(C)C. The van der Waals surface area contributed by atoms with Crippen molar-refractivity contribution in [2.75, 3.05) is 25.4 Å². The third-order valence-corrected chi connectivity index (χ3v) is 2.84. The molecule has 0 amide bonds. The van der Waals surface area contributed by atoms with Crippen LogP contribution in [0.25, 0.3) is 0 Å². The van der Waals surface area contributed by atoms with Crippen LogP contribution in [0.4, 0.5) is 0 Å². The summed E-state index contributed by atoms with van der Waals surface area (Å²) < 4.78 is 0. The fraction of sp³-hybridized carbons (Fsp3) is 1.00. The lowest BCUT2D eigenvalue weighted by molar-refractivity contribution is 0.324. The minimum Gasteiger partial charge on any atom is -0.303 e. The molecule has 0 N–H and O–H groups in total. The highest BCUT2D eigenvalue weighted by molar-refractivity contribution is 7.99. The molecule has 0 rings (SSSR count). The second-order valence-corrected chi connectivity index (χ2v) is 4.63. The molecule has 0 aromatic carbocycles. The molecule has 0 saturated heterocycles. The largest absolute Gasteiger partial charge is 0.303 e. The minimum atomic E-state index is 0.783. The van der Waals surface area contributed by atoms with Crippen molar-refractivity contribution in [1.29, 1.82) is 0 Å². The Hall–Kier alpha value is 0.310. The summed E-state index contributed by atoms with van der Waals surface area (Å²) in [6, 6.07) is 0. The predicted molar refractivity (Wildman–Crippen MR) is 55.4 cm³/mol. The van der Waals surface area contributed by atoms with Gasteiger partial charge in [0.2, 0.25) is 0 Å². The average molecular weight is 175 g/mol. The van der Waals surface area contributed by atoms with Crippen molar-refractivity contribution >= 4 is 11.8 Å². The Balaban J connectivity index is 3.21. The van der Waals surface area contributed by atoms with Gasteiger partial charge in [0.25, 0.3) is 0 Å². The summed E-state index contributed by atoms with van der Waals surface area (Å²) >= 11 is 2.05. The smallest absolute Gasteiger partial charge is 0.00722 e. The minimum absolute atomic E-state index is 0.783. The van der Waals surface area contributed by atoms with Crippen molar-refractivity contribution < 1.29 is 0 Å². The number of rotatable bonds is 6. The van der Waals surface area contributed by atoms with E-state index in [1.807, 2.05) is 11.8 Å². The molecule has 0 aliphatic rings. The molecule has 0 aliphatic carbocycles. The van der Waals surface area contributed by atoms with E-state index in [9.17, 15) is 0 Å². The van der Waals surface area contributed by atoms with Gasteiger partial charge < -0.3 is 4.90 Å². The van der Waals surface area contributed by atoms with Crippen molar-refractivity contribution in [2.45, 2.75) is 32.9 Å². The van der Waals surface area contributed by atoms with Gasteiger partial charge in [0.1, 0.15) is 0 Å². The number of thioether (sulfide) groups is 1. The molecular weight excluding hydrogens is 154 g/mol. The maximum absolute atomic E-state index is 2.47. The van der Waals surface area contributed by atoms with Crippen LogP contribution in [0.3, 0.4) is 0 Å². The first-order chi connectivity index (χ1) is 5.20. The highest BCUT2D eigenvalue weighted by Crippen LogP contribution is 2.08. The summed E-state index contributed by atoms with van der Waals surface area (Å²) in [5, 5.41) is 0.783. The van der Waals surface area contributed by atoms with Gasteiger partial charge in [0.05, 0.1) is 0 Å². The average Bonchev–Trinajstić information content (AvgIpc) is 1.98. The van der Waals surface area contributed by atoms with Gasteiger partial charge >= 0.3 is 0 Å². The molecule has 0 heterocycles. The van der Waals surface area contributed by atoms with E-state index in [-0.39, 0.29) is 0 Å². The lowest BCUT2D eigenvalue weighted by atomic mass is 10.5. The molecule has 0 unspecified atom stereocenters. The maximum atomic E-state index is 2.47. The molecule has 0 fully saturated rings. The molecule has 0 spiro atoms. The van der Waals surface area contributed by atoms with Crippen LogP contribution in [-0.2, 0) is 0 Å². The molecule has 0 atom stereocenters. The molecule has 0 radical (unpaired) electrons. The highest BCUT2D eigenvalue weighted by atomic mass is 32.2. The molecule has 0 aliphatic heterocycles. The summed E-state index contributed by atoms with van der Waals surface area (Å²) in [5.74, 6) is 1.28. The normalized spacial score (nSPS) is 11.5. The Kier molecular flexibility index (Phi) is 7.18. The van der Waals surface area contributed by atoms with Crippen LogP contribution in [0.15, 0.2) is 0 Å². The predicted octanol–water partition coefficient (Wildman–Crippen LogP) is 2.47. The summed E-state index contributed by atoms with van der Waals surface area (Å²) in [4.78, 5) is 2.47. The molecule has 0 aromatic rings. The number of hydrogen-bond acceptors (Lipinski definition) is 2. The van der Waals surface area contributed by atoms with E-state index in [1.165, 1.54) is 25.4 Å². The Morgan fingerprint density at radius 1 is 1.18 bits per heavy atom. The van der Waals surface area contributed by atoms with Crippen molar-refractivity contribution in [2.24, 2.45) is 0 Å². The zero-order valence-electron chi connectivity index (χ0n) is 8.26.